The monoisotopic (exact) mass is 382 g/mol. The number of benzene rings is 2. The van der Waals surface area contributed by atoms with Gasteiger partial charge in [-0.3, -0.25) is 0 Å². The van der Waals surface area contributed by atoms with Crippen molar-refractivity contribution in [1.29, 1.82) is 0 Å². The standard InChI is InChI=1S/C23H30O3Si/c1-6-19(22(24)25-5)17-18-26-27(23(2,3)4,20-13-9-7-10-14-20)21-15-11-8-12-16-21/h7-17H,6,18H2,1-5H3/b19-17+. The van der Waals surface area contributed by atoms with Gasteiger partial charge < -0.3 is 9.16 Å². The number of esters is 1. The quantitative estimate of drug-likeness (QED) is 0.411. The van der Waals surface area contributed by atoms with E-state index in [-0.39, 0.29) is 11.0 Å². The van der Waals surface area contributed by atoms with Crippen molar-refractivity contribution in [2.24, 2.45) is 0 Å². The number of hydrogen-bond donors (Lipinski definition) is 0. The molecule has 0 amide bonds. The molecular formula is C23H30O3Si. The van der Waals surface area contributed by atoms with E-state index in [9.17, 15) is 4.79 Å². The molecule has 0 N–H and O–H groups in total. The second kappa shape index (κ2) is 9.15. The first-order chi connectivity index (χ1) is 12.9. The van der Waals surface area contributed by atoms with Gasteiger partial charge in [-0.25, -0.2) is 4.79 Å². The number of hydrogen-bond acceptors (Lipinski definition) is 3. The van der Waals surface area contributed by atoms with Crippen LogP contribution in [0.5, 0.6) is 0 Å². The Balaban J connectivity index is 2.53. The molecule has 144 valence electrons. The molecule has 0 aromatic heterocycles. The Bertz CT molecular complexity index is 722. The lowest BCUT2D eigenvalue weighted by Crippen LogP contribution is -2.66. The van der Waals surface area contributed by atoms with E-state index in [4.69, 9.17) is 9.16 Å². The number of rotatable bonds is 7. The molecule has 0 radical (unpaired) electrons. The summed E-state index contributed by atoms with van der Waals surface area (Å²) in [6.45, 7) is 9.05. The van der Waals surface area contributed by atoms with Crippen LogP contribution in [0.2, 0.25) is 5.04 Å². The molecule has 3 nitrogen and oxygen atoms in total. The van der Waals surface area contributed by atoms with E-state index < -0.39 is 8.32 Å². The highest BCUT2D eigenvalue weighted by Gasteiger charge is 2.49. The van der Waals surface area contributed by atoms with Crippen LogP contribution in [0.15, 0.2) is 72.3 Å². The summed E-state index contributed by atoms with van der Waals surface area (Å²) in [5.74, 6) is -0.288. The second-order valence-electron chi connectivity index (χ2n) is 7.55. The van der Waals surface area contributed by atoms with E-state index in [0.29, 0.717) is 18.6 Å². The Morgan fingerprint density at radius 1 is 0.963 bits per heavy atom. The SMILES string of the molecule is CC/C(=C\CO[Si](c1ccccc1)(c1ccccc1)C(C)(C)C)C(=O)OC. The molecule has 2 aromatic rings. The Kier molecular flexibility index (Phi) is 7.16. The summed E-state index contributed by atoms with van der Waals surface area (Å²) in [7, 11) is -1.16. The first-order valence-corrected chi connectivity index (χ1v) is 11.3. The number of carbonyl (C=O) groups excluding carboxylic acids is 1. The van der Waals surface area contributed by atoms with Gasteiger partial charge in [-0.05, 0) is 27.9 Å². The van der Waals surface area contributed by atoms with Crippen molar-refractivity contribution < 1.29 is 14.0 Å². The van der Waals surface area contributed by atoms with Crippen LogP contribution in [-0.4, -0.2) is 28.0 Å². The Morgan fingerprint density at radius 2 is 1.44 bits per heavy atom. The summed E-state index contributed by atoms with van der Waals surface area (Å²) in [4.78, 5) is 11.9. The van der Waals surface area contributed by atoms with Crippen molar-refractivity contribution in [3.8, 4) is 0 Å². The highest BCUT2D eigenvalue weighted by Crippen LogP contribution is 2.36. The maximum atomic E-state index is 11.9. The van der Waals surface area contributed by atoms with Gasteiger partial charge in [-0.15, -0.1) is 0 Å². The molecule has 2 rings (SSSR count). The molecule has 0 saturated heterocycles. The molecule has 0 aliphatic rings. The Morgan fingerprint density at radius 3 is 1.81 bits per heavy atom. The average molecular weight is 383 g/mol. The van der Waals surface area contributed by atoms with Gasteiger partial charge >= 0.3 is 5.97 Å². The molecule has 0 spiro atoms. The normalized spacial score (nSPS) is 12.7. The Labute approximate surface area is 164 Å². The topological polar surface area (TPSA) is 35.5 Å². The zero-order valence-electron chi connectivity index (χ0n) is 17.0. The molecular weight excluding hydrogens is 352 g/mol. The number of ether oxygens (including phenoxy) is 1. The lowest BCUT2D eigenvalue weighted by atomic mass is 10.2. The minimum Gasteiger partial charge on any atom is -0.466 e. The lowest BCUT2D eigenvalue weighted by Gasteiger charge is -2.42. The number of methoxy groups -OCH3 is 1. The third-order valence-corrected chi connectivity index (χ3v) is 9.88. The molecule has 4 heteroatoms. The van der Waals surface area contributed by atoms with Gasteiger partial charge in [0.05, 0.1) is 13.7 Å². The van der Waals surface area contributed by atoms with Crippen LogP contribution in [0.3, 0.4) is 0 Å². The highest BCUT2D eigenvalue weighted by atomic mass is 28.4. The molecule has 0 atom stereocenters. The van der Waals surface area contributed by atoms with Crippen LogP contribution in [-0.2, 0) is 14.0 Å². The van der Waals surface area contributed by atoms with E-state index in [1.165, 1.54) is 17.5 Å². The zero-order chi connectivity index (χ0) is 19.9. The maximum Gasteiger partial charge on any atom is 0.333 e. The summed E-state index contributed by atoms with van der Waals surface area (Å²) >= 11 is 0. The Hall–Kier alpha value is -2.17. The van der Waals surface area contributed by atoms with Crippen molar-refractivity contribution in [2.75, 3.05) is 13.7 Å². The van der Waals surface area contributed by atoms with Gasteiger partial charge in [0.2, 0.25) is 0 Å². The molecule has 2 aromatic carbocycles. The van der Waals surface area contributed by atoms with E-state index in [0.717, 1.165) is 0 Å². The smallest absolute Gasteiger partial charge is 0.333 e. The van der Waals surface area contributed by atoms with E-state index in [2.05, 4.69) is 69.3 Å². The van der Waals surface area contributed by atoms with Crippen LogP contribution in [0.4, 0.5) is 0 Å². The fourth-order valence-corrected chi connectivity index (χ4v) is 8.02. The molecule has 0 heterocycles. The van der Waals surface area contributed by atoms with Crippen LogP contribution in [0, 0.1) is 0 Å². The van der Waals surface area contributed by atoms with Crippen LogP contribution in [0.1, 0.15) is 34.1 Å². The van der Waals surface area contributed by atoms with Crippen LogP contribution in [0.25, 0.3) is 0 Å². The van der Waals surface area contributed by atoms with Gasteiger partial charge in [-0.2, -0.15) is 0 Å². The predicted molar refractivity (Wildman–Crippen MR) is 114 cm³/mol. The van der Waals surface area contributed by atoms with Crippen molar-refractivity contribution in [1.82, 2.24) is 0 Å². The van der Waals surface area contributed by atoms with Crippen molar-refractivity contribution in [2.45, 2.75) is 39.2 Å². The van der Waals surface area contributed by atoms with Gasteiger partial charge in [0.25, 0.3) is 8.32 Å². The minimum atomic E-state index is -2.57. The molecule has 0 bridgehead atoms. The van der Waals surface area contributed by atoms with Crippen LogP contribution >= 0.6 is 0 Å². The lowest BCUT2D eigenvalue weighted by molar-refractivity contribution is -0.136. The highest BCUT2D eigenvalue weighted by molar-refractivity contribution is 6.99. The molecule has 0 unspecified atom stereocenters. The summed E-state index contributed by atoms with van der Waals surface area (Å²) < 4.78 is 11.6. The predicted octanol–water partition coefficient (Wildman–Crippen LogP) is 4.07. The first kappa shape index (κ1) is 21.1. The largest absolute Gasteiger partial charge is 0.466 e. The molecule has 0 fully saturated rings. The van der Waals surface area contributed by atoms with Crippen molar-refractivity contribution >= 4 is 24.7 Å². The van der Waals surface area contributed by atoms with E-state index >= 15 is 0 Å². The van der Waals surface area contributed by atoms with Crippen LogP contribution < -0.4 is 10.4 Å². The minimum absolute atomic E-state index is 0.0822. The fourth-order valence-electron chi connectivity index (χ4n) is 3.53. The van der Waals surface area contributed by atoms with Gasteiger partial charge in [0.15, 0.2) is 0 Å². The van der Waals surface area contributed by atoms with E-state index in [1.807, 2.05) is 25.1 Å². The number of carbonyl (C=O) groups is 1. The summed E-state index contributed by atoms with van der Waals surface area (Å²) in [6, 6.07) is 21.0. The molecule has 0 aliphatic carbocycles. The van der Waals surface area contributed by atoms with E-state index in [1.54, 1.807) is 0 Å². The van der Waals surface area contributed by atoms with Gasteiger partial charge in [0.1, 0.15) is 0 Å². The van der Waals surface area contributed by atoms with Gasteiger partial charge in [-0.1, -0.05) is 88.4 Å². The molecule has 0 aliphatic heterocycles. The zero-order valence-corrected chi connectivity index (χ0v) is 18.0. The summed E-state index contributed by atoms with van der Waals surface area (Å²) in [5.41, 5.74) is 0.649. The van der Waals surface area contributed by atoms with Gasteiger partial charge in [0, 0.05) is 5.57 Å². The average Bonchev–Trinajstić information content (AvgIpc) is 2.68. The summed E-state index contributed by atoms with van der Waals surface area (Å²) in [6.07, 6.45) is 2.49. The molecule has 0 saturated carbocycles. The molecule has 27 heavy (non-hydrogen) atoms. The maximum absolute atomic E-state index is 11.9. The third kappa shape index (κ3) is 4.57. The fraction of sp³-hybridized carbons (Fsp3) is 0.348. The third-order valence-electron chi connectivity index (χ3n) is 4.87. The van der Waals surface area contributed by atoms with Crippen molar-refractivity contribution in [3.63, 3.8) is 0 Å². The second-order valence-corrected chi connectivity index (χ2v) is 11.9. The first-order valence-electron chi connectivity index (χ1n) is 9.39. The summed E-state index contributed by atoms with van der Waals surface area (Å²) in [5, 5.41) is 2.38. The van der Waals surface area contributed by atoms with Crippen molar-refractivity contribution in [3.05, 3.63) is 72.3 Å².